The molecule has 118 valence electrons. The highest BCUT2D eigenvalue weighted by atomic mass is 16.7. The summed E-state index contributed by atoms with van der Waals surface area (Å²) in [6.07, 6.45) is 4.53. The van der Waals surface area contributed by atoms with Gasteiger partial charge < -0.3 is 14.2 Å². The molecule has 3 unspecified atom stereocenters. The van der Waals surface area contributed by atoms with E-state index in [-0.39, 0.29) is 24.3 Å². The van der Waals surface area contributed by atoms with Crippen LogP contribution in [0.3, 0.4) is 0 Å². The number of fused-ring (bicyclic) bond motifs is 3. The lowest BCUT2D eigenvalue weighted by Crippen LogP contribution is -2.52. The number of nitrogens with zero attached hydrogens (tertiary/aromatic N) is 1. The maximum Gasteiger partial charge on any atom is 0.331 e. The van der Waals surface area contributed by atoms with E-state index in [2.05, 4.69) is 18.7 Å². The van der Waals surface area contributed by atoms with Crippen molar-refractivity contribution in [3.05, 3.63) is 11.6 Å². The molecule has 5 heteroatoms. The molecule has 3 rings (SSSR count). The molecule has 0 radical (unpaired) electrons. The Balaban J connectivity index is 1.92. The van der Waals surface area contributed by atoms with E-state index in [9.17, 15) is 4.79 Å². The van der Waals surface area contributed by atoms with Gasteiger partial charge in [0.25, 0.3) is 0 Å². The predicted molar refractivity (Wildman–Crippen MR) is 77.7 cm³/mol. The zero-order valence-corrected chi connectivity index (χ0v) is 13.3. The van der Waals surface area contributed by atoms with Crippen LogP contribution in [0, 0.1) is 5.92 Å². The Bertz CT molecular complexity index is 459. The summed E-state index contributed by atoms with van der Waals surface area (Å²) in [5.74, 6) is 0.177. The molecule has 4 atom stereocenters. The van der Waals surface area contributed by atoms with Gasteiger partial charge in [0, 0.05) is 20.3 Å². The molecule has 0 spiro atoms. The summed E-state index contributed by atoms with van der Waals surface area (Å²) < 4.78 is 16.7. The van der Waals surface area contributed by atoms with Gasteiger partial charge in [-0.25, -0.2) is 4.79 Å². The lowest BCUT2D eigenvalue weighted by molar-refractivity contribution is -0.158. The Morgan fingerprint density at radius 2 is 2.05 bits per heavy atom. The number of carbonyl (C=O) groups is 1. The lowest BCUT2D eigenvalue weighted by Gasteiger charge is -2.39. The van der Waals surface area contributed by atoms with E-state index in [4.69, 9.17) is 14.2 Å². The maximum absolute atomic E-state index is 11.8. The molecule has 0 aromatic carbocycles. The first-order chi connectivity index (χ1) is 10.0. The SMILES string of the molecule is COC(OC)C1CCC2N1CCC(C)C1=CC(=O)O[C@@]12C. The minimum absolute atomic E-state index is 0.195. The Morgan fingerprint density at radius 3 is 2.71 bits per heavy atom. The van der Waals surface area contributed by atoms with Gasteiger partial charge in [-0.05, 0) is 44.2 Å². The zero-order valence-electron chi connectivity index (χ0n) is 13.3. The van der Waals surface area contributed by atoms with Crippen LogP contribution in [0.4, 0.5) is 0 Å². The van der Waals surface area contributed by atoms with Gasteiger partial charge in [-0.1, -0.05) is 6.92 Å². The van der Waals surface area contributed by atoms with Crippen molar-refractivity contribution >= 4 is 5.97 Å². The molecule has 21 heavy (non-hydrogen) atoms. The van der Waals surface area contributed by atoms with Crippen LogP contribution in [0.5, 0.6) is 0 Å². The fourth-order valence-corrected chi connectivity index (χ4v) is 4.47. The van der Waals surface area contributed by atoms with Crippen LogP contribution in [0.1, 0.15) is 33.1 Å². The Labute approximate surface area is 126 Å². The van der Waals surface area contributed by atoms with Crippen molar-refractivity contribution < 1.29 is 19.0 Å². The lowest BCUT2D eigenvalue weighted by atomic mass is 9.81. The van der Waals surface area contributed by atoms with E-state index >= 15 is 0 Å². The molecule has 0 saturated carbocycles. The third-order valence-corrected chi connectivity index (χ3v) is 5.49. The van der Waals surface area contributed by atoms with Gasteiger partial charge in [-0.2, -0.15) is 0 Å². The molecule has 0 aliphatic carbocycles. The van der Waals surface area contributed by atoms with E-state index < -0.39 is 5.60 Å². The summed E-state index contributed by atoms with van der Waals surface area (Å²) in [4.78, 5) is 14.3. The third kappa shape index (κ3) is 2.22. The Morgan fingerprint density at radius 1 is 1.33 bits per heavy atom. The molecule has 0 amide bonds. The summed E-state index contributed by atoms with van der Waals surface area (Å²) in [6, 6.07) is 0.450. The van der Waals surface area contributed by atoms with Gasteiger partial charge in [0.2, 0.25) is 0 Å². The van der Waals surface area contributed by atoms with Crippen molar-refractivity contribution in [1.82, 2.24) is 4.90 Å². The Kier molecular flexibility index (Phi) is 3.84. The second kappa shape index (κ2) is 5.38. The minimum Gasteiger partial charge on any atom is -0.450 e. The van der Waals surface area contributed by atoms with Gasteiger partial charge in [0.15, 0.2) is 6.29 Å². The van der Waals surface area contributed by atoms with Gasteiger partial charge in [-0.15, -0.1) is 0 Å². The number of carbonyl (C=O) groups excluding carboxylic acids is 1. The molecule has 0 aromatic rings. The number of methoxy groups -OCH3 is 2. The molecular weight excluding hydrogens is 270 g/mol. The first kappa shape index (κ1) is 15.0. The van der Waals surface area contributed by atoms with Crippen molar-refractivity contribution in [3.63, 3.8) is 0 Å². The number of ether oxygens (including phenoxy) is 3. The number of esters is 1. The second-order valence-electron chi connectivity index (χ2n) is 6.56. The van der Waals surface area contributed by atoms with Crippen LogP contribution >= 0.6 is 0 Å². The van der Waals surface area contributed by atoms with E-state index in [1.165, 1.54) is 0 Å². The van der Waals surface area contributed by atoms with Crippen LogP contribution < -0.4 is 0 Å². The molecule has 0 bridgehead atoms. The fraction of sp³-hybridized carbons (Fsp3) is 0.812. The van der Waals surface area contributed by atoms with Gasteiger partial charge in [0.1, 0.15) is 5.60 Å². The largest absolute Gasteiger partial charge is 0.450 e. The third-order valence-electron chi connectivity index (χ3n) is 5.49. The molecular formula is C16H25NO4. The van der Waals surface area contributed by atoms with Crippen LogP contribution in [0.15, 0.2) is 11.6 Å². The van der Waals surface area contributed by atoms with Gasteiger partial charge in [0.05, 0.1) is 12.1 Å². The highest BCUT2D eigenvalue weighted by molar-refractivity contribution is 5.87. The molecule has 0 aromatic heterocycles. The van der Waals surface area contributed by atoms with Crippen molar-refractivity contribution in [3.8, 4) is 0 Å². The quantitative estimate of drug-likeness (QED) is 0.586. The average molecular weight is 295 g/mol. The fourth-order valence-electron chi connectivity index (χ4n) is 4.47. The van der Waals surface area contributed by atoms with Crippen molar-refractivity contribution in [2.24, 2.45) is 5.92 Å². The molecule has 3 heterocycles. The smallest absolute Gasteiger partial charge is 0.331 e. The summed E-state index contributed by atoms with van der Waals surface area (Å²) in [5, 5.41) is 0. The predicted octanol–water partition coefficient (Wildman–Crippen LogP) is 1.72. The van der Waals surface area contributed by atoms with Crippen LogP contribution in [0.2, 0.25) is 0 Å². The molecule has 5 nitrogen and oxygen atoms in total. The van der Waals surface area contributed by atoms with Crippen molar-refractivity contribution in [1.29, 1.82) is 0 Å². The minimum atomic E-state index is -0.492. The van der Waals surface area contributed by atoms with Crippen LogP contribution in [-0.4, -0.2) is 55.6 Å². The topological polar surface area (TPSA) is 48.0 Å². The standard InChI is InChI=1S/C16H25NO4/c1-10-7-8-17-12(15(19-3)20-4)5-6-13(17)16(2)11(10)9-14(18)21-16/h9-10,12-13,15H,5-8H2,1-4H3/t10?,12?,13?,16-/m0/s1. The number of hydrogen-bond donors (Lipinski definition) is 0. The average Bonchev–Trinajstić information content (AvgIpc) is 2.97. The summed E-state index contributed by atoms with van der Waals surface area (Å²) >= 11 is 0. The summed E-state index contributed by atoms with van der Waals surface area (Å²) in [6.45, 7) is 5.25. The van der Waals surface area contributed by atoms with E-state index in [1.54, 1.807) is 20.3 Å². The van der Waals surface area contributed by atoms with E-state index in [1.807, 2.05) is 0 Å². The van der Waals surface area contributed by atoms with Crippen molar-refractivity contribution in [2.45, 2.75) is 57.1 Å². The summed E-state index contributed by atoms with van der Waals surface area (Å²) in [7, 11) is 3.37. The van der Waals surface area contributed by atoms with Gasteiger partial charge in [-0.3, -0.25) is 4.90 Å². The Hall–Kier alpha value is -0.910. The first-order valence-electron chi connectivity index (χ1n) is 7.77. The molecule has 2 saturated heterocycles. The molecule has 3 aliphatic rings. The first-order valence-corrected chi connectivity index (χ1v) is 7.77. The zero-order chi connectivity index (χ0) is 15.2. The normalized spacial score (nSPS) is 39.8. The highest BCUT2D eigenvalue weighted by Crippen LogP contribution is 2.47. The van der Waals surface area contributed by atoms with Gasteiger partial charge >= 0.3 is 5.97 Å². The van der Waals surface area contributed by atoms with E-state index in [0.717, 1.165) is 31.4 Å². The second-order valence-corrected chi connectivity index (χ2v) is 6.56. The number of rotatable bonds is 3. The highest BCUT2D eigenvalue weighted by Gasteiger charge is 2.55. The van der Waals surface area contributed by atoms with Crippen LogP contribution in [0.25, 0.3) is 0 Å². The van der Waals surface area contributed by atoms with Crippen molar-refractivity contribution in [2.75, 3.05) is 20.8 Å². The summed E-state index contributed by atoms with van der Waals surface area (Å²) in [5.41, 5.74) is 0.667. The van der Waals surface area contributed by atoms with Crippen LogP contribution in [-0.2, 0) is 19.0 Å². The monoisotopic (exact) mass is 295 g/mol. The maximum atomic E-state index is 11.8. The number of hydrogen-bond acceptors (Lipinski definition) is 5. The molecule has 3 aliphatic heterocycles. The van der Waals surface area contributed by atoms with E-state index in [0.29, 0.717) is 5.92 Å². The molecule has 2 fully saturated rings. The molecule has 0 N–H and O–H groups in total.